The van der Waals surface area contributed by atoms with E-state index in [4.69, 9.17) is 4.84 Å². The highest BCUT2D eigenvalue weighted by Crippen LogP contribution is 2.08. The van der Waals surface area contributed by atoms with Crippen molar-refractivity contribution in [3.63, 3.8) is 0 Å². The average molecular weight is 200 g/mol. The fourth-order valence-electron chi connectivity index (χ4n) is 1.49. The Hall–Kier alpha value is -0.610. The Kier molecular flexibility index (Phi) is 4.90. The van der Waals surface area contributed by atoms with Crippen LogP contribution in [0.5, 0.6) is 0 Å². The summed E-state index contributed by atoms with van der Waals surface area (Å²) in [5, 5.41) is 3.27. The predicted octanol–water partition coefficient (Wildman–Crippen LogP) is 0.832. The Labute approximate surface area is 85.3 Å². The predicted molar refractivity (Wildman–Crippen MR) is 54.6 cm³/mol. The van der Waals surface area contributed by atoms with Gasteiger partial charge in [-0.2, -0.15) is 0 Å². The number of hydrogen-bond acceptors (Lipinski definition) is 3. The van der Waals surface area contributed by atoms with Crippen LogP contribution < -0.4 is 10.8 Å². The number of hydroxylamine groups is 1. The van der Waals surface area contributed by atoms with Crippen molar-refractivity contribution in [3.05, 3.63) is 0 Å². The van der Waals surface area contributed by atoms with Crippen molar-refractivity contribution in [2.45, 2.75) is 39.2 Å². The molecule has 82 valence electrons. The van der Waals surface area contributed by atoms with Gasteiger partial charge in [-0.1, -0.05) is 13.8 Å². The van der Waals surface area contributed by atoms with Crippen LogP contribution in [-0.4, -0.2) is 25.1 Å². The summed E-state index contributed by atoms with van der Waals surface area (Å²) in [7, 11) is 0. The molecule has 0 aromatic heterocycles. The van der Waals surface area contributed by atoms with Gasteiger partial charge >= 0.3 is 0 Å². The lowest BCUT2D eigenvalue weighted by molar-refractivity contribution is -0.134. The molecule has 1 saturated heterocycles. The van der Waals surface area contributed by atoms with E-state index in [-0.39, 0.29) is 5.91 Å². The number of carbonyl (C=O) groups excluding carboxylic acids is 1. The fraction of sp³-hybridized carbons (Fsp3) is 0.900. The van der Waals surface area contributed by atoms with Gasteiger partial charge in [0.05, 0.1) is 6.61 Å². The van der Waals surface area contributed by atoms with Gasteiger partial charge in [0, 0.05) is 12.5 Å². The second-order valence-electron chi connectivity index (χ2n) is 4.23. The number of carbonyl (C=O) groups is 1. The van der Waals surface area contributed by atoms with E-state index < -0.39 is 0 Å². The Bertz CT molecular complexity index is 177. The van der Waals surface area contributed by atoms with Crippen LogP contribution in [0.3, 0.4) is 0 Å². The zero-order chi connectivity index (χ0) is 10.4. The summed E-state index contributed by atoms with van der Waals surface area (Å²) in [5.41, 5.74) is 2.46. The number of amides is 1. The van der Waals surface area contributed by atoms with Crippen LogP contribution in [0, 0.1) is 5.92 Å². The highest BCUT2D eigenvalue weighted by Gasteiger charge is 2.17. The Morgan fingerprint density at radius 1 is 1.64 bits per heavy atom. The fourth-order valence-corrected chi connectivity index (χ4v) is 1.49. The van der Waals surface area contributed by atoms with Crippen LogP contribution in [-0.2, 0) is 9.63 Å². The summed E-state index contributed by atoms with van der Waals surface area (Å²) in [4.78, 5) is 16.3. The van der Waals surface area contributed by atoms with Crippen LogP contribution in [0.4, 0.5) is 0 Å². The first-order valence-corrected chi connectivity index (χ1v) is 5.32. The van der Waals surface area contributed by atoms with E-state index in [9.17, 15) is 4.79 Å². The lowest BCUT2D eigenvalue weighted by atomic mass is 10.1. The molecule has 1 heterocycles. The molecule has 0 aromatic rings. The molecule has 14 heavy (non-hydrogen) atoms. The molecule has 0 aromatic carbocycles. The van der Waals surface area contributed by atoms with Crippen LogP contribution in [0.25, 0.3) is 0 Å². The van der Waals surface area contributed by atoms with E-state index in [1.165, 1.54) is 6.42 Å². The van der Waals surface area contributed by atoms with Gasteiger partial charge in [0.25, 0.3) is 0 Å². The van der Waals surface area contributed by atoms with Gasteiger partial charge in [0.15, 0.2) is 0 Å². The minimum atomic E-state index is -0.0231. The molecule has 4 nitrogen and oxygen atoms in total. The first kappa shape index (κ1) is 11.5. The van der Waals surface area contributed by atoms with Crippen molar-refractivity contribution in [3.8, 4) is 0 Å². The van der Waals surface area contributed by atoms with Crippen molar-refractivity contribution in [2.75, 3.05) is 13.2 Å². The second-order valence-corrected chi connectivity index (χ2v) is 4.23. The molecule has 1 aliphatic rings. The first-order valence-electron chi connectivity index (χ1n) is 5.32. The molecule has 0 bridgehead atoms. The van der Waals surface area contributed by atoms with Crippen molar-refractivity contribution >= 4 is 5.91 Å². The van der Waals surface area contributed by atoms with Crippen molar-refractivity contribution in [2.24, 2.45) is 5.92 Å². The van der Waals surface area contributed by atoms with Gasteiger partial charge < -0.3 is 5.32 Å². The summed E-state index contributed by atoms with van der Waals surface area (Å²) in [6.45, 7) is 5.70. The molecule has 1 fully saturated rings. The third-order valence-corrected chi connectivity index (χ3v) is 2.20. The summed E-state index contributed by atoms with van der Waals surface area (Å²) < 4.78 is 0. The summed E-state index contributed by atoms with van der Waals surface area (Å²) in [6.07, 6.45) is 2.79. The lowest BCUT2D eigenvalue weighted by Gasteiger charge is -2.11. The highest BCUT2D eigenvalue weighted by atomic mass is 16.6. The van der Waals surface area contributed by atoms with Crippen LogP contribution in [0.15, 0.2) is 0 Å². The van der Waals surface area contributed by atoms with Gasteiger partial charge in [-0.25, -0.2) is 5.48 Å². The molecule has 2 N–H and O–H groups in total. The Morgan fingerprint density at radius 2 is 2.43 bits per heavy atom. The Balaban J connectivity index is 2.03. The third-order valence-electron chi connectivity index (χ3n) is 2.20. The Morgan fingerprint density at radius 3 is 3.00 bits per heavy atom. The molecule has 0 saturated carbocycles. The maximum atomic E-state index is 11.3. The largest absolute Gasteiger partial charge is 0.313 e. The molecule has 1 aliphatic heterocycles. The molecule has 1 unspecified atom stereocenters. The molecule has 1 rings (SSSR count). The third kappa shape index (κ3) is 4.58. The standard InChI is InChI=1S/C10H20N2O2/c1-8(2)7-14-12-10(13)6-9-4-3-5-11-9/h8-9,11H,3-7H2,1-2H3,(H,12,13). The molecule has 0 radical (unpaired) electrons. The second kappa shape index (κ2) is 5.98. The molecule has 1 amide bonds. The molecular formula is C10H20N2O2. The molecular weight excluding hydrogens is 180 g/mol. The SMILES string of the molecule is CC(C)CONC(=O)CC1CCCN1. The molecule has 4 heteroatoms. The number of hydrogen-bond donors (Lipinski definition) is 2. The van der Waals surface area contributed by atoms with Gasteiger partial charge in [-0.15, -0.1) is 0 Å². The topological polar surface area (TPSA) is 50.4 Å². The van der Waals surface area contributed by atoms with Gasteiger partial charge in [-0.05, 0) is 25.3 Å². The maximum Gasteiger partial charge on any atom is 0.245 e. The number of rotatable bonds is 5. The molecule has 1 atom stereocenters. The monoisotopic (exact) mass is 200 g/mol. The van der Waals surface area contributed by atoms with Gasteiger partial charge in [0.1, 0.15) is 0 Å². The van der Waals surface area contributed by atoms with Gasteiger partial charge in [0.2, 0.25) is 5.91 Å². The van der Waals surface area contributed by atoms with E-state index in [0.29, 0.717) is 25.0 Å². The van der Waals surface area contributed by atoms with Crippen molar-refractivity contribution < 1.29 is 9.63 Å². The van der Waals surface area contributed by atoms with Crippen molar-refractivity contribution in [1.29, 1.82) is 0 Å². The van der Waals surface area contributed by atoms with Crippen LogP contribution >= 0.6 is 0 Å². The lowest BCUT2D eigenvalue weighted by Crippen LogP contribution is -2.32. The van der Waals surface area contributed by atoms with Gasteiger partial charge in [-0.3, -0.25) is 9.63 Å². The minimum absolute atomic E-state index is 0.0231. The molecule has 0 aliphatic carbocycles. The quantitative estimate of drug-likeness (QED) is 0.646. The van der Waals surface area contributed by atoms with Crippen LogP contribution in [0.2, 0.25) is 0 Å². The van der Waals surface area contributed by atoms with Crippen molar-refractivity contribution in [1.82, 2.24) is 10.8 Å². The zero-order valence-electron chi connectivity index (χ0n) is 9.01. The average Bonchev–Trinajstić information content (AvgIpc) is 2.56. The van der Waals surface area contributed by atoms with E-state index in [1.807, 2.05) is 13.8 Å². The normalized spacial score (nSPS) is 21.5. The maximum absolute atomic E-state index is 11.3. The first-order chi connectivity index (χ1) is 6.68. The number of nitrogens with one attached hydrogen (secondary N) is 2. The zero-order valence-corrected chi connectivity index (χ0v) is 9.01. The smallest absolute Gasteiger partial charge is 0.245 e. The summed E-state index contributed by atoms with van der Waals surface area (Å²) >= 11 is 0. The summed E-state index contributed by atoms with van der Waals surface area (Å²) in [5.74, 6) is 0.421. The van der Waals surface area contributed by atoms with Crippen LogP contribution in [0.1, 0.15) is 33.1 Å². The van der Waals surface area contributed by atoms with E-state index in [2.05, 4.69) is 10.8 Å². The summed E-state index contributed by atoms with van der Waals surface area (Å²) in [6, 6.07) is 0.345. The van der Waals surface area contributed by atoms with E-state index >= 15 is 0 Å². The highest BCUT2D eigenvalue weighted by molar-refractivity contribution is 5.75. The van der Waals surface area contributed by atoms with E-state index in [0.717, 1.165) is 13.0 Å². The minimum Gasteiger partial charge on any atom is -0.313 e. The molecule has 0 spiro atoms. The van der Waals surface area contributed by atoms with E-state index in [1.54, 1.807) is 0 Å².